The SMILES string of the molecule is CN(Cc1ccccc1F)C(=O)CSc1nnc(C2CC2)n1Cc1ccco1. The van der Waals surface area contributed by atoms with Crippen LogP contribution in [0.5, 0.6) is 0 Å². The second-order valence-corrected chi connectivity index (χ2v) is 7.85. The summed E-state index contributed by atoms with van der Waals surface area (Å²) >= 11 is 1.35. The van der Waals surface area contributed by atoms with Gasteiger partial charge in [-0.2, -0.15) is 0 Å². The second-order valence-electron chi connectivity index (χ2n) is 6.91. The number of hydrogen-bond donors (Lipinski definition) is 0. The van der Waals surface area contributed by atoms with Gasteiger partial charge in [-0.3, -0.25) is 9.36 Å². The van der Waals surface area contributed by atoms with E-state index in [9.17, 15) is 9.18 Å². The van der Waals surface area contributed by atoms with Crippen molar-refractivity contribution < 1.29 is 13.6 Å². The summed E-state index contributed by atoms with van der Waals surface area (Å²) < 4.78 is 21.3. The van der Waals surface area contributed by atoms with E-state index in [4.69, 9.17) is 4.42 Å². The molecule has 2 aromatic heterocycles. The van der Waals surface area contributed by atoms with Gasteiger partial charge in [0, 0.05) is 25.1 Å². The Hall–Kier alpha value is -2.61. The topological polar surface area (TPSA) is 64.2 Å². The molecule has 4 rings (SSSR count). The van der Waals surface area contributed by atoms with E-state index in [2.05, 4.69) is 10.2 Å². The molecule has 0 atom stereocenters. The number of hydrogen-bond acceptors (Lipinski definition) is 5. The van der Waals surface area contributed by atoms with Crippen molar-refractivity contribution in [3.63, 3.8) is 0 Å². The Kier molecular flexibility index (Phi) is 5.47. The maximum atomic E-state index is 13.8. The molecule has 0 aliphatic heterocycles. The van der Waals surface area contributed by atoms with Gasteiger partial charge in [-0.1, -0.05) is 30.0 Å². The molecule has 0 N–H and O–H groups in total. The van der Waals surface area contributed by atoms with Gasteiger partial charge in [0.15, 0.2) is 5.16 Å². The van der Waals surface area contributed by atoms with Crippen LogP contribution in [0.3, 0.4) is 0 Å². The molecule has 0 bridgehead atoms. The first-order chi connectivity index (χ1) is 13.6. The molecule has 2 heterocycles. The fourth-order valence-corrected chi connectivity index (χ4v) is 3.85. The number of thioether (sulfide) groups is 1. The first-order valence-electron chi connectivity index (χ1n) is 9.17. The van der Waals surface area contributed by atoms with Gasteiger partial charge in [-0.05, 0) is 31.0 Å². The van der Waals surface area contributed by atoms with Gasteiger partial charge >= 0.3 is 0 Å². The van der Waals surface area contributed by atoms with Crippen LogP contribution in [0.15, 0.2) is 52.2 Å². The zero-order valence-electron chi connectivity index (χ0n) is 15.5. The van der Waals surface area contributed by atoms with Crippen molar-refractivity contribution in [2.75, 3.05) is 12.8 Å². The minimum absolute atomic E-state index is 0.0891. The van der Waals surface area contributed by atoms with Gasteiger partial charge < -0.3 is 9.32 Å². The third-order valence-corrected chi connectivity index (χ3v) is 5.65. The summed E-state index contributed by atoms with van der Waals surface area (Å²) in [6.45, 7) is 0.784. The third kappa shape index (κ3) is 4.27. The second kappa shape index (κ2) is 8.18. The number of aromatic nitrogens is 3. The van der Waals surface area contributed by atoms with Crippen LogP contribution in [-0.2, 0) is 17.9 Å². The summed E-state index contributed by atoms with van der Waals surface area (Å²) in [6, 6.07) is 10.3. The summed E-state index contributed by atoms with van der Waals surface area (Å²) in [5.74, 6) is 2.04. The predicted molar refractivity (Wildman–Crippen MR) is 103 cm³/mol. The maximum absolute atomic E-state index is 13.8. The molecular weight excluding hydrogens is 379 g/mol. The minimum atomic E-state index is -0.304. The standard InChI is InChI=1S/C20H21FN4O2S/c1-24(11-15-5-2-3-7-17(15)21)18(26)13-28-20-23-22-19(14-8-9-14)25(20)12-16-6-4-10-27-16/h2-7,10,14H,8-9,11-13H2,1H3. The Labute approximate surface area is 166 Å². The van der Waals surface area contributed by atoms with Crippen LogP contribution in [0.25, 0.3) is 0 Å². The van der Waals surface area contributed by atoms with E-state index in [0.29, 0.717) is 23.2 Å². The number of halogens is 1. The molecule has 146 valence electrons. The van der Waals surface area contributed by atoms with Crippen LogP contribution in [0.1, 0.15) is 35.9 Å². The van der Waals surface area contributed by atoms with Gasteiger partial charge in [0.25, 0.3) is 0 Å². The van der Waals surface area contributed by atoms with Gasteiger partial charge in [-0.15, -0.1) is 10.2 Å². The lowest BCUT2D eigenvalue weighted by molar-refractivity contribution is -0.127. The molecule has 0 unspecified atom stereocenters. The monoisotopic (exact) mass is 400 g/mol. The highest BCUT2D eigenvalue weighted by molar-refractivity contribution is 7.99. The molecule has 1 saturated carbocycles. The van der Waals surface area contributed by atoms with Crippen molar-refractivity contribution in [3.8, 4) is 0 Å². The normalized spacial score (nSPS) is 13.6. The van der Waals surface area contributed by atoms with Gasteiger partial charge in [-0.25, -0.2) is 4.39 Å². The molecule has 1 aliphatic carbocycles. The van der Waals surface area contributed by atoms with Crippen LogP contribution in [-0.4, -0.2) is 38.4 Å². The Morgan fingerprint density at radius 3 is 2.82 bits per heavy atom. The Bertz CT molecular complexity index is 953. The fraction of sp³-hybridized carbons (Fsp3) is 0.350. The average Bonchev–Trinajstić information content (AvgIpc) is 3.26. The molecule has 0 spiro atoms. The minimum Gasteiger partial charge on any atom is -0.467 e. The molecule has 1 aliphatic rings. The number of benzene rings is 1. The van der Waals surface area contributed by atoms with Crippen LogP contribution in [0.2, 0.25) is 0 Å². The van der Waals surface area contributed by atoms with Crippen molar-refractivity contribution in [2.24, 2.45) is 0 Å². The van der Waals surface area contributed by atoms with E-state index < -0.39 is 0 Å². The van der Waals surface area contributed by atoms with E-state index in [1.54, 1.807) is 31.5 Å². The van der Waals surface area contributed by atoms with Gasteiger partial charge in [0.05, 0.1) is 18.6 Å². The van der Waals surface area contributed by atoms with Gasteiger partial charge in [0.2, 0.25) is 5.91 Å². The predicted octanol–water partition coefficient (Wildman–Crippen LogP) is 3.69. The number of nitrogens with zero attached hydrogens (tertiary/aromatic N) is 4. The number of carbonyl (C=O) groups excluding carboxylic acids is 1. The van der Waals surface area contributed by atoms with E-state index in [-0.39, 0.29) is 24.0 Å². The van der Waals surface area contributed by atoms with E-state index in [0.717, 1.165) is 24.4 Å². The first kappa shape index (κ1) is 18.7. The summed E-state index contributed by atoms with van der Waals surface area (Å²) in [6.07, 6.45) is 3.88. The van der Waals surface area contributed by atoms with Crippen molar-refractivity contribution in [1.29, 1.82) is 0 Å². The summed E-state index contributed by atoms with van der Waals surface area (Å²) in [4.78, 5) is 14.0. The molecule has 28 heavy (non-hydrogen) atoms. The number of carbonyl (C=O) groups is 1. The molecular formula is C20H21FN4O2S. The number of amides is 1. The highest BCUT2D eigenvalue weighted by atomic mass is 32.2. The number of furan rings is 1. The van der Waals surface area contributed by atoms with E-state index >= 15 is 0 Å². The molecule has 0 saturated heterocycles. The fourth-order valence-electron chi connectivity index (χ4n) is 2.96. The highest BCUT2D eigenvalue weighted by Crippen LogP contribution is 2.40. The summed E-state index contributed by atoms with van der Waals surface area (Å²) in [5, 5.41) is 9.33. The lowest BCUT2D eigenvalue weighted by Crippen LogP contribution is -2.28. The van der Waals surface area contributed by atoms with Crippen molar-refractivity contribution in [3.05, 3.63) is 65.6 Å². The molecule has 1 aromatic carbocycles. The van der Waals surface area contributed by atoms with Crippen LogP contribution in [0, 0.1) is 5.82 Å². The number of rotatable bonds is 8. The highest BCUT2D eigenvalue weighted by Gasteiger charge is 2.31. The Morgan fingerprint density at radius 1 is 1.29 bits per heavy atom. The first-order valence-corrected chi connectivity index (χ1v) is 10.2. The zero-order chi connectivity index (χ0) is 19.5. The van der Waals surface area contributed by atoms with Crippen molar-refractivity contribution in [2.45, 2.75) is 37.0 Å². The molecule has 1 fully saturated rings. The van der Waals surface area contributed by atoms with E-state index in [1.165, 1.54) is 22.7 Å². The smallest absolute Gasteiger partial charge is 0.233 e. The molecule has 1 amide bonds. The molecule has 3 aromatic rings. The van der Waals surface area contributed by atoms with E-state index in [1.807, 2.05) is 16.7 Å². The van der Waals surface area contributed by atoms with Gasteiger partial charge in [0.1, 0.15) is 17.4 Å². The summed E-state index contributed by atoms with van der Waals surface area (Å²) in [7, 11) is 1.68. The van der Waals surface area contributed by atoms with Crippen LogP contribution in [0.4, 0.5) is 4.39 Å². The summed E-state index contributed by atoms with van der Waals surface area (Å²) in [5.41, 5.74) is 0.500. The average molecular weight is 400 g/mol. The molecule has 8 heteroatoms. The van der Waals surface area contributed by atoms with Crippen LogP contribution >= 0.6 is 11.8 Å². The van der Waals surface area contributed by atoms with Crippen molar-refractivity contribution >= 4 is 17.7 Å². The Morgan fingerprint density at radius 2 is 2.11 bits per heavy atom. The third-order valence-electron chi connectivity index (χ3n) is 4.70. The molecule has 6 nitrogen and oxygen atoms in total. The van der Waals surface area contributed by atoms with Crippen molar-refractivity contribution in [1.82, 2.24) is 19.7 Å². The quantitative estimate of drug-likeness (QED) is 0.540. The lowest BCUT2D eigenvalue weighted by Gasteiger charge is -2.17. The maximum Gasteiger partial charge on any atom is 0.233 e. The largest absolute Gasteiger partial charge is 0.467 e. The Balaban J connectivity index is 1.41. The zero-order valence-corrected chi connectivity index (χ0v) is 16.4. The molecule has 0 radical (unpaired) electrons. The van der Waals surface area contributed by atoms with Crippen LogP contribution < -0.4 is 0 Å². The lowest BCUT2D eigenvalue weighted by atomic mass is 10.2.